The Balaban J connectivity index is 1.68. The Kier molecular flexibility index (Phi) is 5.38. The monoisotopic (exact) mass is 468 g/mol. The van der Waals surface area contributed by atoms with Crippen LogP contribution < -0.4 is 10.5 Å². The van der Waals surface area contributed by atoms with E-state index in [9.17, 15) is 9.18 Å². The van der Waals surface area contributed by atoms with Gasteiger partial charge in [0.15, 0.2) is 0 Å². The van der Waals surface area contributed by atoms with Crippen molar-refractivity contribution in [2.24, 2.45) is 14.1 Å². The molecule has 0 spiro atoms. The van der Waals surface area contributed by atoms with Crippen molar-refractivity contribution in [3.63, 3.8) is 0 Å². The van der Waals surface area contributed by atoms with E-state index in [1.54, 1.807) is 43.0 Å². The number of ether oxygens (including phenoxy) is 1. The summed E-state index contributed by atoms with van der Waals surface area (Å²) >= 11 is 5.96. The topological polar surface area (TPSA) is 78.1 Å². The minimum atomic E-state index is -0.550. The fourth-order valence-corrected chi connectivity index (χ4v) is 4.31. The molecule has 1 atom stereocenters. The van der Waals surface area contributed by atoms with Crippen molar-refractivity contribution in [1.82, 2.24) is 24.3 Å². The van der Waals surface area contributed by atoms with E-state index in [-0.39, 0.29) is 33.3 Å². The zero-order valence-electron chi connectivity index (χ0n) is 18.4. The number of nitrogens with zero attached hydrogens (tertiary/aromatic N) is 6. The second-order valence-electron chi connectivity index (χ2n) is 8.06. The summed E-state index contributed by atoms with van der Waals surface area (Å²) in [6.07, 6.45) is 1.54. The first-order valence-electron chi connectivity index (χ1n) is 10.5. The van der Waals surface area contributed by atoms with Crippen LogP contribution in [0.2, 0.25) is 5.02 Å². The van der Waals surface area contributed by atoms with Gasteiger partial charge in [-0.15, -0.1) is 0 Å². The van der Waals surface area contributed by atoms with Gasteiger partial charge in [-0.3, -0.25) is 14.0 Å². The number of hydrogen-bond donors (Lipinski definition) is 0. The molecule has 8 nitrogen and oxygen atoms in total. The van der Waals surface area contributed by atoms with E-state index in [0.29, 0.717) is 36.9 Å². The Hall–Kier alpha value is -3.30. The number of aryl methyl sites for hydroxylation is 2. The lowest BCUT2D eigenvalue weighted by molar-refractivity contribution is 0.0343. The van der Waals surface area contributed by atoms with E-state index < -0.39 is 5.82 Å². The van der Waals surface area contributed by atoms with Crippen LogP contribution in [0.4, 0.5) is 10.2 Å². The fourth-order valence-electron chi connectivity index (χ4n) is 4.16. The molecule has 4 aromatic rings. The molecule has 1 aliphatic rings. The number of aromatic nitrogens is 5. The van der Waals surface area contributed by atoms with Crippen molar-refractivity contribution >= 4 is 28.3 Å². The molecule has 0 amide bonds. The molecule has 0 unspecified atom stereocenters. The van der Waals surface area contributed by atoms with Gasteiger partial charge in [-0.05, 0) is 31.2 Å². The number of halogens is 2. The number of hydrogen-bond acceptors (Lipinski definition) is 6. The highest BCUT2D eigenvalue weighted by Gasteiger charge is 2.27. The first-order valence-corrected chi connectivity index (χ1v) is 10.9. The van der Waals surface area contributed by atoms with Crippen LogP contribution in [-0.2, 0) is 18.8 Å². The molecule has 0 N–H and O–H groups in total. The maximum Gasteiger partial charge on any atom is 0.263 e. The third kappa shape index (κ3) is 3.77. The van der Waals surface area contributed by atoms with Gasteiger partial charge < -0.3 is 9.64 Å². The van der Waals surface area contributed by atoms with Crippen LogP contribution in [-0.4, -0.2) is 44.0 Å². The summed E-state index contributed by atoms with van der Waals surface area (Å²) in [5.41, 5.74) is 1.58. The molecular weight excluding hydrogens is 447 g/mol. The Morgan fingerprint density at radius 3 is 2.73 bits per heavy atom. The highest BCUT2D eigenvalue weighted by Crippen LogP contribution is 2.32. The van der Waals surface area contributed by atoms with Crippen LogP contribution in [0, 0.1) is 12.7 Å². The number of benzene rings is 1. The Morgan fingerprint density at radius 2 is 2.00 bits per heavy atom. The van der Waals surface area contributed by atoms with Crippen LogP contribution in [0.5, 0.6) is 0 Å². The van der Waals surface area contributed by atoms with Gasteiger partial charge in [0.1, 0.15) is 23.6 Å². The molecule has 0 aliphatic carbocycles. The maximum atomic E-state index is 14.9. The van der Waals surface area contributed by atoms with E-state index in [1.807, 2.05) is 13.1 Å². The van der Waals surface area contributed by atoms with Crippen LogP contribution in [0.15, 0.2) is 41.3 Å². The summed E-state index contributed by atoms with van der Waals surface area (Å²) in [7, 11) is 3.51. The lowest BCUT2D eigenvalue weighted by atomic mass is 10.1. The van der Waals surface area contributed by atoms with Crippen LogP contribution in [0.25, 0.3) is 22.2 Å². The number of anilines is 1. The summed E-state index contributed by atoms with van der Waals surface area (Å²) in [6.45, 7) is 3.38. The Labute approximate surface area is 194 Å². The molecule has 1 saturated heterocycles. The predicted octanol–water partition coefficient (Wildman–Crippen LogP) is 3.41. The van der Waals surface area contributed by atoms with Crippen molar-refractivity contribution in [3.05, 3.63) is 69.2 Å². The minimum absolute atomic E-state index is 0.196. The lowest BCUT2D eigenvalue weighted by Crippen LogP contribution is -2.39. The van der Waals surface area contributed by atoms with Crippen molar-refractivity contribution in [1.29, 1.82) is 0 Å². The van der Waals surface area contributed by atoms with E-state index in [0.717, 1.165) is 5.69 Å². The first-order chi connectivity index (χ1) is 15.8. The second kappa shape index (κ2) is 8.24. The quantitative estimate of drug-likeness (QED) is 0.458. The van der Waals surface area contributed by atoms with E-state index >= 15 is 0 Å². The molecule has 3 aromatic heterocycles. The molecular formula is C23H22ClFN6O2. The molecule has 1 fully saturated rings. The van der Waals surface area contributed by atoms with Crippen molar-refractivity contribution < 1.29 is 9.13 Å². The molecule has 10 heteroatoms. The minimum Gasteiger partial charge on any atom is -0.368 e. The summed E-state index contributed by atoms with van der Waals surface area (Å²) < 4.78 is 24.1. The van der Waals surface area contributed by atoms with E-state index in [4.69, 9.17) is 21.3 Å². The van der Waals surface area contributed by atoms with Crippen LogP contribution in [0.1, 0.15) is 17.6 Å². The van der Waals surface area contributed by atoms with Gasteiger partial charge in [-0.25, -0.2) is 14.4 Å². The normalized spacial score (nSPS) is 16.5. The summed E-state index contributed by atoms with van der Waals surface area (Å²) in [5.74, 6) is 0.607. The molecule has 0 saturated carbocycles. The van der Waals surface area contributed by atoms with Crippen molar-refractivity contribution in [2.45, 2.75) is 13.0 Å². The number of pyridine rings is 1. The number of rotatable bonds is 3. The summed E-state index contributed by atoms with van der Waals surface area (Å²) in [5, 5.41) is 4.77. The molecule has 0 radical (unpaired) electrons. The largest absolute Gasteiger partial charge is 0.368 e. The number of fused-ring (bicyclic) bond motifs is 1. The average molecular weight is 469 g/mol. The molecule has 1 aromatic carbocycles. The molecule has 1 aliphatic heterocycles. The van der Waals surface area contributed by atoms with Gasteiger partial charge in [0.2, 0.25) is 0 Å². The predicted molar refractivity (Wildman–Crippen MR) is 124 cm³/mol. The van der Waals surface area contributed by atoms with E-state index in [2.05, 4.69) is 15.0 Å². The highest BCUT2D eigenvalue weighted by molar-refractivity contribution is 6.30. The van der Waals surface area contributed by atoms with Gasteiger partial charge in [0.05, 0.1) is 35.4 Å². The zero-order valence-corrected chi connectivity index (χ0v) is 19.2. The molecule has 0 bridgehead atoms. The van der Waals surface area contributed by atoms with Crippen molar-refractivity contribution in [2.75, 3.05) is 24.6 Å². The van der Waals surface area contributed by atoms with Gasteiger partial charge in [-0.2, -0.15) is 5.10 Å². The van der Waals surface area contributed by atoms with Gasteiger partial charge in [0, 0.05) is 43.5 Å². The summed E-state index contributed by atoms with van der Waals surface area (Å²) in [6, 6.07) is 8.05. The standard InChI is InChI=1S/C23H22ClFN6O2/c1-13-27-17-11-20(31-8-9-33-19(12-31)18-6-7-26-30(18)3)28-22(21(17)23(32)29(13)2)15-5-4-14(24)10-16(15)25/h4-7,10-11,19H,8-9,12H2,1-3H3/t19-/m1/s1. The molecule has 170 valence electrons. The number of morpholine rings is 1. The summed E-state index contributed by atoms with van der Waals surface area (Å²) in [4.78, 5) is 24.6. The maximum absolute atomic E-state index is 14.9. The molecule has 5 rings (SSSR count). The van der Waals surface area contributed by atoms with Crippen LogP contribution >= 0.6 is 11.6 Å². The first kappa shape index (κ1) is 21.5. The third-order valence-electron chi connectivity index (χ3n) is 6.04. The molecule has 33 heavy (non-hydrogen) atoms. The van der Waals surface area contributed by atoms with Crippen LogP contribution in [0.3, 0.4) is 0 Å². The molecule has 4 heterocycles. The third-order valence-corrected chi connectivity index (χ3v) is 6.27. The lowest BCUT2D eigenvalue weighted by Gasteiger charge is -2.34. The zero-order chi connectivity index (χ0) is 23.3. The average Bonchev–Trinajstić information content (AvgIpc) is 3.23. The smallest absolute Gasteiger partial charge is 0.263 e. The SMILES string of the molecule is Cc1nc2cc(N3CCO[C@@H](c4ccnn4C)C3)nc(-c3ccc(Cl)cc3F)c2c(=O)n1C. The van der Waals surface area contributed by atoms with Gasteiger partial charge in [-0.1, -0.05) is 11.6 Å². The van der Waals surface area contributed by atoms with Crippen molar-refractivity contribution in [3.8, 4) is 11.3 Å². The fraction of sp³-hybridized carbons (Fsp3) is 0.304. The Morgan fingerprint density at radius 1 is 1.18 bits per heavy atom. The second-order valence-corrected chi connectivity index (χ2v) is 8.49. The highest BCUT2D eigenvalue weighted by atomic mass is 35.5. The Bertz CT molecular complexity index is 1430. The van der Waals surface area contributed by atoms with Gasteiger partial charge in [0.25, 0.3) is 5.56 Å². The van der Waals surface area contributed by atoms with E-state index in [1.165, 1.54) is 10.6 Å². The van der Waals surface area contributed by atoms with Gasteiger partial charge >= 0.3 is 0 Å².